The van der Waals surface area contributed by atoms with Crippen LogP contribution < -0.4 is 19.5 Å². The van der Waals surface area contributed by atoms with Crippen molar-refractivity contribution in [1.82, 2.24) is 4.90 Å². The van der Waals surface area contributed by atoms with E-state index in [0.29, 0.717) is 41.8 Å². The molecule has 2 aromatic rings. The molecule has 1 N–H and O–H groups in total. The first kappa shape index (κ1) is 18.6. The third-order valence-electron chi connectivity index (χ3n) is 4.44. The van der Waals surface area contributed by atoms with Crippen LogP contribution in [0.3, 0.4) is 0 Å². The monoisotopic (exact) mass is 374 g/mol. The van der Waals surface area contributed by atoms with Gasteiger partial charge in [0.1, 0.15) is 5.76 Å². The van der Waals surface area contributed by atoms with Crippen molar-refractivity contribution in [2.45, 2.75) is 13.0 Å². The number of rotatable bonds is 7. The third kappa shape index (κ3) is 3.99. The highest BCUT2D eigenvalue weighted by Gasteiger charge is 2.34. The van der Waals surface area contributed by atoms with Crippen LogP contribution in [0.1, 0.15) is 12.2 Å². The van der Waals surface area contributed by atoms with E-state index >= 15 is 0 Å². The van der Waals surface area contributed by atoms with Gasteiger partial charge in [0, 0.05) is 30.8 Å². The smallest absolute Gasteiger partial charge is 0.229 e. The summed E-state index contributed by atoms with van der Waals surface area (Å²) in [5, 5.41) is 2.83. The molecule has 144 valence electrons. The summed E-state index contributed by atoms with van der Waals surface area (Å²) in [6.07, 6.45) is 1.72. The maximum Gasteiger partial charge on any atom is 0.229 e. The Morgan fingerprint density at radius 3 is 2.48 bits per heavy atom. The van der Waals surface area contributed by atoms with Gasteiger partial charge in [0.25, 0.3) is 0 Å². The summed E-state index contributed by atoms with van der Waals surface area (Å²) in [5.74, 6) is 1.26. The number of hydrogen-bond acceptors (Lipinski definition) is 6. The van der Waals surface area contributed by atoms with E-state index in [-0.39, 0.29) is 18.2 Å². The Morgan fingerprint density at radius 1 is 1.22 bits per heavy atom. The molecule has 1 atom stereocenters. The second-order valence-electron chi connectivity index (χ2n) is 6.16. The summed E-state index contributed by atoms with van der Waals surface area (Å²) in [4.78, 5) is 26.5. The molecule has 8 nitrogen and oxygen atoms in total. The number of likely N-dealkylation sites (tertiary alicyclic amines) is 1. The van der Waals surface area contributed by atoms with Crippen molar-refractivity contribution in [2.24, 2.45) is 5.92 Å². The fourth-order valence-corrected chi connectivity index (χ4v) is 3.09. The largest absolute Gasteiger partial charge is 0.493 e. The van der Waals surface area contributed by atoms with Crippen molar-refractivity contribution < 1.29 is 28.2 Å². The lowest BCUT2D eigenvalue weighted by molar-refractivity contribution is -0.128. The SMILES string of the molecule is COc1cc(NC(=O)[C@@H]2CC(=O)N(Cc3ccco3)C2)cc(OC)c1OC. The van der Waals surface area contributed by atoms with Crippen molar-refractivity contribution in [2.75, 3.05) is 33.2 Å². The van der Waals surface area contributed by atoms with Crippen LogP contribution in [0.5, 0.6) is 17.2 Å². The summed E-state index contributed by atoms with van der Waals surface area (Å²) < 4.78 is 21.1. The lowest BCUT2D eigenvalue weighted by Gasteiger charge is -2.17. The molecule has 3 rings (SSSR count). The van der Waals surface area contributed by atoms with E-state index in [0.717, 1.165) is 0 Å². The molecule has 1 aliphatic rings. The van der Waals surface area contributed by atoms with Gasteiger partial charge in [-0.25, -0.2) is 0 Å². The fourth-order valence-electron chi connectivity index (χ4n) is 3.09. The Labute approximate surface area is 157 Å². The van der Waals surface area contributed by atoms with Crippen LogP contribution in [0.15, 0.2) is 34.9 Å². The van der Waals surface area contributed by atoms with Gasteiger partial charge in [0.2, 0.25) is 17.6 Å². The van der Waals surface area contributed by atoms with Gasteiger partial charge in [-0.2, -0.15) is 0 Å². The van der Waals surface area contributed by atoms with Crippen LogP contribution >= 0.6 is 0 Å². The molecule has 1 aliphatic heterocycles. The van der Waals surface area contributed by atoms with E-state index in [1.54, 1.807) is 35.4 Å². The second-order valence-corrected chi connectivity index (χ2v) is 6.16. The number of methoxy groups -OCH3 is 3. The molecule has 0 unspecified atom stereocenters. The van der Waals surface area contributed by atoms with Gasteiger partial charge < -0.3 is 28.8 Å². The Hall–Kier alpha value is -3.16. The maximum absolute atomic E-state index is 12.6. The molecule has 0 bridgehead atoms. The third-order valence-corrected chi connectivity index (χ3v) is 4.44. The van der Waals surface area contributed by atoms with Gasteiger partial charge in [0.15, 0.2) is 11.5 Å². The van der Waals surface area contributed by atoms with Crippen LogP contribution in [-0.4, -0.2) is 44.6 Å². The van der Waals surface area contributed by atoms with E-state index in [1.165, 1.54) is 21.3 Å². The van der Waals surface area contributed by atoms with Crippen molar-refractivity contribution in [3.63, 3.8) is 0 Å². The lowest BCUT2D eigenvalue weighted by atomic mass is 10.1. The van der Waals surface area contributed by atoms with Gasteiger partial charge in [-0.3, -0.25) is 9.59 Å². The Kier molecular flexibility index (Phi) is 5.54. The first-order valence-electron chi connectivity index (χ1n) is 8.46. The highest BCUT2D eigenvalue weighted by molar-refractivity contribution is 5.97. The summed E-state index contributed by atoms with van der Waals surface area (Å²) in [7, 11) is 4.52. The molecular weight excluding hydrogens is 352 g/mol. The molecule has 0 radical (unpaired) electrons. The average Bonchev–Trinajstić information content (AvgIpc) is 3.31. The minimum atomic E-state index is -0.438. The molecular formula is C19H22N2O6. The molecule has 27 heavy (non-hydrogen) atoms. The van der Waals surface area contributed by atoms with Crippen LogP contribution in [0.25, 0.3) is 0 Å². The molecule has 1 fully saturated rings. The number of amides is 2. The molecule has 2 heterocycles. The van der Waals surface area contributed by atoms with Crippen LogP contribution in [0.4, 0.5) is 5.69 Å². The van der Waals surface area contributed by atoms with Crippen molar-refractivity contribution in [3.05, 3.63) is 36.3 Å². The highest BCUT2D eigenvalue weighted by atomic mass is 16.5. The molecule has 8 heteroatoms. The second kappa shape index (κ2) is 8.03. The normalized spacial score (nSPS) is 16.3. The highest BCUT2D eigenvalue weighted by Crippen LogP contribution is 2.40. The zero-order chi connectivity index (χ0) is 19.4. The summed E-state index contributed by atoms with van der Waals surface area (Å²) in [6.45, 7) is 0.704. The number of furan rings is 1. The molecule has 0 saturated carbocycles. The van der Waals surface area contributed by atoms with E-state index in [2.05, 4.69) is 5.32 Å². The number of carbonyl (C=O) groups excluding carboxylic acids is 2. The fraction of sp³-hybridized carbons (Fsp3) is 0.368. The predicted molar refractivity (Wildman–Crippen MR) is 97.0 cm³/mol. The minimum absolute atomic E-state index is 0.0727. The van der Waals surface area contributed by atoms with Gasteiger partial charge >= 0.3 is 0 Å². The summed E-state index contributed by atoms with van der Waals surface area (Å²) in [6, 6.07) is 6.87. The van der Waals surface area contributed by atoms with Gasteiger partial charge in [-0.1, -0.05) is 0 Å². The maximum atomic E-state index is 12.6. The van der Waals surface area contributed by atoms with Crippen LogP contribution in [0, 0.1) is 5.92 Å². The Balaban J connectivity index is 1.69. The van der Waals surface area contributed by atoms with Crippen molar-refractivity contribution >= 4 is 17.5 Å². The van der Waals surface area contributed by atoms with Gasteiger partial charge in [-0.15, -0.1) is 0 Å². The number of nitrogens with one attached hydrogen (secondary N) is 1. The molecule has 0 aliphatic carbocycles. The number of benzene rings is 1. The Bertz CT molecular complexity index is 793. The summed E-state index contributed by atoms with van der Waals surface area (Å²) >= 11 is 0. The molecule has 1 aromatic heterocycles. The Morgan fingerprint density at radius 2 is 1.93 bits per heavy atom. The topological polar surface area (TPSA) is 90.2 Å². The summed E-state index contributed by atoms with van der Waals surface area (Å²) in [5.41, 5.74) is 0.506. The van der Waals surface area contributed by atoms with Gasteiger partial charge in [0.05, 0.1) is 40.1 Å². The molecule has 2 amide bonds. The first-order valence-corrected chi connectivity index (χ1v) is 8.46. The van der Waals surface area contributed by atoms with E-state index in [9.17, 15) is 9.59 Å². The number of ether oxygens (including phenoxy) is 3. The quantitative estimate of drug-likeness (QED) is 0.800. The predicted octanol–water partition coefficient (Wildman–Crippen LogP) is 2.29. The molecule has 1 saturated heterocycles. The first-order chi connectivity index (χ1) is 13.0. The average molecular weight is 374 g/mol. The number of carbonyl (C=O) groups is 2. The van der Waals surface area contributed by atoms with E-state index < -0.39 is 5.92 Å². The minimum Gasteiger partial charge on any atom is -0.493 e. The van der Waals surface area contributed by atoms with Gasteiger partial charge in [-0.05, 0) is 12.1 Å². The molecule has 0 spiro atoms. The number of nitrogens with zero attached hydrogens (tertiary/aromatic N) is 1. The molecule has 1 aromatic carbocycles. The van der Waals surface area contributed by atoms with E-state index in [1.807, 2.05) is 0 Å². The van der Waals surface area contributed by atoms with Crippen molar-refractivity contribution in [1.29, 1.82) is 0 Å². The van der Waals surface area contributed by atoms with Crippen molar-refractivity contribution in [3.8, 4) is 17.2 Å². The van der Waals surface area contributed by atoms with E-state index in [4.69, 9.17) is 18.6 Å². The lowest BCUT2D eigenvalue weighted by Crippen LogP contribution is -2.27. The van der Waals surface area contributed by atoms with Crippen LogP contribution in [0.2, 0.25) is 0 Å². The number of anilines is 1. The zero-order valence-corrected chi connectivity index (χ0v) is 15.5. The zero-order valence-electron chi connectivity index (χ0n) is 15.5. The standard InChI is InChI=1S/C19H22N2O6/c1-24-15-8-13(9-16(25-2)18(15)26-3)20-19(23)12-7-17(22)21(10-12)11-14-5-4-6-27-14/h4-6,8-9,12H,7,10-11H2,1-3H3,(H,20,23)/t12-/m1/s1. The van der Waals surface area contributed by atoms with Crippen LogP contribution in [-0.2, 0) is 16.1 Å². The number of hydrogen-bond donors (Lipinski definition) is 1.